The third-order valence-corrected chi connectivity index (χ3v) is 1.65. The van der Waals surface area contributed by atoms with Crippen molar-refractivity contribution < 1.29 is 18.0 Å². The second-order valence-electron chi connectivity index (χ2n) is 2.63. The van der Waals surface area contributed by atoms with E-state index in [1.165, 1.54) is 19.1 Å². The molecule has 0 spiro atoms. The number of halogens is 3. The minimum Gasteiger partial charge on any atom is -0.288 e. The van der Waals surface area contributed by atoms with Crippen molar-refractivity contribution in [1.82, 2.24) is 0 Å². The Hall–Kier alpha value is -1.32. The number of carbonyl (C=O) groups excluding carboxylic acids is 1. The lowest BCUT2D eigenvalue weighted by Gasteiger charge is -2.00. The molecular weight excluding hydrogens is 181 g/mol. The lowest BCUT2D eigenvalue weighted by atomic mass is 10.1. The Labute approximate surface area is 73.2 Å². The highest BCUT2D eigenvalue weighted by Gasteiger charge is 2.18. The van der Waals surface area contributed by atoms with Gasteiger partial charge in [-0.2, -0.15) is 0 Å². The highest BCUT2D eigenvalue weighted by molar-refractivity contribution is 5.98. The van der Waals surface area contributed by atoms with Crippen molar-refractivity contribution in [2.75, 3.05) is 0 Å². The molecule has 70 valence electrons. The van der Waals surface area contributed by atoms with Gasteiger partial charge in [0, 0.05) is 5.56 Å². The Morgan fingerprint density at radius 1 is 1.38 bits per heavy atom. The van der Waals surface area contributed by atoms with Gasteiger partial charge in [-0.1, -0.05) is 12.1 Å². The van der Waals surface area contributed by atoms with E-state index >= 15 is 0 Å². The van der Waals surface area contributed by atoms with Crippen LogP contribution < -0.4 is 0 Å². The molecule has 4 heteroatoms. The zero-order chi connectivity index (χ0) is 10.0. The number of benzene rings is 1. The van der Waals surface area contributed by atoms with Crippen LogP contribution in [0.1, 0.15) is 15.9 Å². The van der Waals surface area contributed by atoms with Crippen LogP contribution in [-0.2, 0) is 0 Å². The molecule has 1 aromatic carbocycles. The lowest BCUT2D eigenvalue weighted by molar-refractivity contribution is 0.0678. The second kappa shape index (κ2) is 3.60. The van der Waals surface area contributed by atoms with Crippen molar-refractivity contribution in [3.8, 4) is 0 Å². The molecule has 0 saturated carbocycles. The molecule has 0 N–H and O–H groups in total. The quantitative estimate of drug-likeness (QED) is 0.652. The first-order chi connectivity index (χ1) is 6.02. The minimum atomic E-state index is -3.08. The van der Waals surface area contributed by atoms with Crippen LogP contribution >= 0.6 is 0 Å². The molecular formula is C9H7F3O. The van der Waals surface area contributed by atoms with Gasteiger partial charge in [-0.25, -0.2) is 13.2 Å². The zero-order valence-corrected chi connectivity index (χ0v) is 6.85. The van der Waals surface area contributed by atoms with Crippen LogP contribution in [-0.4, -0.2) is 12.2 Å². The fraction of sp³-hybridized carbons (Fsp3) is 0.222. The molecule has 0 aliphatic heterocycles. The first-order valence-corrected chi connectivity index (χ1v) is 3.61. The molecule has 0 fully saturated rings. The van der Waals surface area contributed by atoms with Gasteiger partial charge in [0.2, 0.25) is 5.78 Å². The smallest absolute Gasteiger partial charge is 0.288 e. The SMILES string of the molecule is Cc1ccc(C(=O)C(F)F)cc1F. The van der Waals surface area contributed by atoms with Gasteiger partial charge in [-0.15, -0.1) is 0 Å². The van der Waals surface area contributed by atoms with E-state index in [1.807, 2.05) is 0 Å². The van der Waals surface area contributed by atoms with Crippen molar-refractivity contribution in [3.05, 3.63) is 35.1 Å². The Kier molecular flexibility index (Phi) is 2.70. The molecule has 0 bridgehead atoms. The highest BCUT2D eigenvalue weighted by atomic mass is 19.3. The molecule has 0 radical (unpaired) electrons. The topological polar surface area (TPSA) is 17.1 Å². The summed E-state index contributed by atoms with van der Waals surface area (Å²) in [5.74, 6) is -1.99. The van der Waals surface area contributed by atoms with E-state index in [0.717, 1.165) is 6.07 Å². The van der Waals surface area contributed by atoms with Crippen molar-refractivity contribution in [2.45, 2.75) is 13.3 Å². The Balaban J connectivity index is 3.04. The minimum absolute atomic E-state index is 0.293. The summed E-state index contributed by atoms with van der Waals surface area (Å²) in [5, 5.41) is 0. The van der Waals surface area contributed by atoms with E-state index in [2.05, 4.69) is 0 Å². The number of aryl methyl sites for hydroxylation is 1. The molecule has 1 aromatic rings. The summed E-state index contributed by atoms with van der Waals surface area (Å²) in [5.41, 5.74) is 0.0314. The summed E-state index contributed by atoms with van der Waals surface area (Å²) in [7, 11) is 0. The number of hydrogen-bond donors (Lipinski definition) is 0. The third kappa shape index (κ3) is 2.08. The normalized spacial score (nSPS) is 10.5. The van der Waals surface area contributed by atoms with Gasteiger partial charge in [0.05, 0.1) is 0 Å². The summed E-state index contributed by atoms with van der Waals surface area (Å²) >= 11 is 0. The van der Waals surface area contributed by atoms with E-state index in [9.17, 15) is 18.0 Å². The second-order valence-corrected chi connectivity index (χ2v) is 2.63. The van der Waals surface area contributed by atoms with E-state index in [0.29, 0.717) is 5.56 Å². The maximum absolute atomic E-state index is 12.8. The fourth-order valence-electron chi connectivity index (χ4n) is 0.872. The van der Waals surface area contributed by atoms with Crippen LogP contribution in [0.2, 0.25) is 0 Å². The van der Waals surface area contributed by atoms with Crippen LogP contribution in [0.15, 0.2) is 18.2 Å². The number of rotatable bonds is 2. The maximum Gasteiger partial charge on any atom is 0.300 e. The van der Waals surface area contributed by atoms with Crippen molar-refractivity contribution >= 4 is 5.78 Å². The molecule has 0 atom stereocenters. The van der Waals surface area contributed by atoms with Gasteiger partial charge in [-0.05, 0) is 18.6 Å². The van der Waals surface area contributed by atoms with Gasteiger partial charge >= 0.3 is 6.43 Å². The van der Waals surface area contributed by atoms with Gasteiger partial charge < -0.3 is 0 Å². The molecule has 0 heterocycles. The molecule has 0 saturated heterocycles. The zero-order valence-electron chi connectivity index (χ0n) is 6.85. The largest absolute Gasteiger partial charge is 0.300 e. The lowest BCUT2D eigenvalue weighted by Crippen LogP contribution is -2.10. The van der Waals surface area contributed by atoms with Gasteiger partial charge in [0.15, 0.2) is 0 Å². The van der Waals surface area contributed by atoms with Crippen LogP contribution in [0.4, 0.5) is 13.2 Å². The first-order valence-electron chi connectivity index (χ1n) is 3.61. The van der Waals surface area contributed by atoms with E-state index in [1.54, 1.807) is 0 Å². The Morgan fingerprint density at radius 3 is 2.46 bits per heavy atom. The number of alkyl halides is 2. The van der Waals surface area contributed by atoms with Crippen molar-refractivity contribution in [3.63, 3.8) is 0 Å². The van der Waals surface area contributed by atoms with E-state index < -0.39 is 18.0 Å². The summed E-state index contributed by atoms with van der Waals surface area (Å²) in [6, 6.07) is 3.31. The standard InChI is InChI=1S/C9H7F3O/c1-5-2-3-6(4-7(5)10)8(13)9(11)12/h2-4,9H,1H3. The molecule has 1 nitrogen and oxygen atoms in total. The number of hydrogen-bond acceptors (Lipinski definition) is 1. The average Bonchev–Trinajstić information content (AvgIpc) is 2.08. The fourth-order valence-corrected chi connectivity index (χ4v) is 0.872. The number of Topliss-reactive ketones (excluding diaryl/α,β-unsaturated/α-hetero) is 1. The molecule has 0 aliphatic carbocycles. The summed E-state index contributed by atoms with van der Waals surface area (Å²) in [6.07, 6.45) is -3.08. The molecule has 13 heavy (non-hydrogen) atoms. The van der Waals surface area contributed by atoms with Gasteiger partial charge in [0.1, 0.15) is 5.82 Å². The van der Waals surface area contributed by atoms with E-state index in [4.69, 9.17) is 0 Å². The summed E-state index contributed by atoms with van der Waals surface area (Å²) < 4.78 is 36.6. The predicted molar refractivity (Wildman–Crippen MR) is 41.5 cm³/mol. The summed E-state index contributed by atoms with van der Waals surface area (Å²) in [4.78, 5) is 10.7. The highest BCUT2D eigenvalue weighted by Crippen LogP contribution is 2.12. The number of ketones is 1. The van der Waals surface area contributed by atoms with Crippen LogP contribution in [0.25, 0.3) is 0 Å². The number of carbonyl (C=O) groups is 1. The van der Waals surface area contributed by atoms with Crippen LogP contribution in [0.5, 0.6) is 0 Å². The average molecular weight is 188 g/mol. The summed E-state index contributed by atoms with van der Waals surface area (Å²) in [6.45, 7) is 1.49. The predicted octanol–water partition coefficient (Wildman–Crippen LogP) is 2.58. The van der Waals surface area contributed by atoms with Gasteiger partial charge in [0.25, 0.3) is 0 Å². The van der Waals surface area contributed by atoms with Crippen molar-refractivity contribution in [2.24, 2.45) is 0 Å². The first kappa shape index (κ1) is 9.77. The van der Waals surface area contributed by atoms with Crippen molar-refractivity contribution in [1.29, 1.82) is 0 Å². The Bertz CT molecular complexity index is 334. The molecule has 0 aromatic heterocycles. The maximum atomic E-state index is 12.8. The van der Waals surface area contributed by atoms with Crippen LogP contribution in [0, 0.1) is 12.7 Å². The molecule has 0 aliphatic rings. The molecule has 0 amide bonds. The van der Waals surface area contributed by atoms with Gasteiger partial charge in [-0.3, -0.25) is 4.79 Å². The monoisotopic (exact) mass is 188 g/mol. The van der Waals surface area contributed by atoms with Crippen LogP contribution in [0.3, 0.4) is 0 Å². The molecule has 0 unspecified atom stereocenters. The Morgan fingerprint density at radius 2 is 2.00 bits per heavy atom. The van der Waals surface area contributed by atoms with E-state index in [-0.39, 0.29) is 5.56 Å². The third-order valence-electron chi connectivity index (χ3n) is 1.65. The molecule has 1 rings (SSSR count).